The minimum absolute atomic E-state index is 0.0564. The van der Waals surface area contributed by atoms with Gasteiger partial charge in [-0.25, -0.2) is 0 Å². The van der Waals surface area contributed by atoms with Crippen LogP contribution in [0, 0.1) is 0 Å². The first kappa shape index (κ1) is 9.39. The maximum Gasteiger partial charge on any atom is 0.236 e. The Morgan fingerprint density at radius 1 is 1.60 bits per heavy atom. The van der Waals surface area contributed by atoms with E-state index in [9.17, 15) is 4.79 Å². The third-order valence-electron chi connectivity index (χ3n) is 1.57. The molecule has 4 heteroatoms. The highest BCUT2D eigenvalue weighted by atomic mass is 16.2. The molecular formula is C6H15N3O. The maximum absolute atomic E-state index is 10.9. The number of rotatable bonds is 3. The van der Waals surface area contributed by atoms with Crippen molar-refractivity contribution in [2.24, 2.45) is 11.5 Å². The molecule has 0 aliphatic heterocycles. The van der Waals surface area contributed by atoms with E-state index < -0.39 is 0 Å². The van der Waals surface area contributed by atoms with Gasteiger partial charge in [0.05, 0.1) is 6.54 Å². The lowest BCUT2D eigenvalue weighted by Gasteiger charge is -2.22. The highest BCUT2D eigenvalue weighted by molar-refractivity contribution is 5.77. The van der Waals surface area contributed by atoms with Crippen molar-refractivity contribution in [2.75, 3.05) is 20.1 Å². The first-order valence-corrected chi connectivity index (χ1v) is 3.29. The summed E-state index contributed by atoms with van der Waals surface area (Å²) in [5.41, 5.74) is 10.5. The molecule has 0 aromatic rings. The van der Waals surface area contributed by atoms with Crippen LogP contribution in [0.25, 0.3) is 0 Å². The highest BCUT2D eigenvalue weighted by Crippen LogP contribution is 1.91. The van der Waals surface area contributed by atoms with Gasteiger partial charge in [0.15, 0.2) is 0 Å². The fourth-order valence-corrected chi connectivity index (χ4v) is 0.548. The summed E-state index contributed by atoms with van der Waals surface area (Å²) in [6, 6.07) is 0.0797. The lowest BCUT2D eigenvalue weighted by Crippen LogP contribution is -2.42. The van der Waals surface area contributed by atoms with Gasteiger partial charge in [-0.1, -0.05) is 0 Å². The van der Waals surface area contributed by atoms with Gasteiger partial charge < -0.3 is 16.4 Å². The predicted octanol–water partition coefficient (Wildman–Crippen LogP) is -1.25. The average Bonchev–Trinajstić information content (AvgIpc) is 2.00. The Hall–Kier alpha value is -0.610. The minimum atomic E-state index is -0.0713. The van der Waals surface area contributed by atoms with Crippen molar-refractivity contribution < 1.29 is 4.79 Å². The van der Waals surface area contributed by atoms with Crippen LogP contribution in [0.4, 0.5) is 0 Å². The fraction of sp³-hybridized carbons (Fsp3) is 0.833. The molecule has 0 rings (SSSR count). The Morgan fingerprint density at radius 2 is 2.10 bits per heavy atom. The van der Waals surface area contributed by atoms with E-state index in [0.29, 0.717) is 6.54 Å². The standard InChI is InChI=1S/C6H15N3O/c1-5(3-7)9(2)6(10)4-8/h5H,3-4,7-8H2,1-2H3. The molecule has 0 aliphatic rings. The van der Waals surface area contributed by atoms with Gasteiger partial charge in [-0.3, -0.25) is 4.79 Å². The summed E-state index contributed by atoms with van der Waals surface area (Å²) in [6.45, 7) is 2.41. The van der Waals surface area contributed by atoms with Crippen LogP contribution in [0.5, 0.6) is 0 Å². The number of carbonyl (C=O) groups is 1. The zero-order valence-corrected chi connectivity index (χ0v) is 6.50. The van der Waals surface area contributed by atoms with Gasteiger partial charge in [-0.2, -0.15) is 0 Å². The van der Waals surface area contributed by atoms with Gasteiger partial charge in [0.1, 0.15) is 0 Å². The smallest absolute Gasteiger partial charge is 0.236 e. The van der Waals surface area contributed by atoms with Gasteiger partial charge in [-0.05, 0) is 6.92 Å². The van der Waals surface area contributed by atoms with Crippen LogP contribution >= 0.6 is 0 Å². The first-order valence-electron chi connectivity index (χ1n) is 3.29. The maximum atomic E-state index is 10.9. The summed E-state index contributed by atoms with van der Waals surface area (Å²) >= 11 is 0. The second-order valence-corrected chi connectivity index (χ2v) is 2.29. The van der Waals surface area contributed by atoms with Crippen molar-refractivity contribution in [1.29, 1.82) is 0 Å². The SMILES string of the molecule is CC(CN)N(C)C(=O)CN. The second kappa shape index (κ2) is 4.24. The average molecular weight is 145 g/mol. The van der Waals surface area contributed by atoms with E-state index >= 15 is 0 Å². The number of likely N-dealkylation sites (N-methyl/N-ethyl adjacent to an activating group) is 1. The Labute approximate surface area is 61.2 Å². The number of hydrogen-bond donors (Lipinski definition) is 2. The zero-order chi connectivity index (χ0) is 8.15. The van der Waals surface area contributed by atoms with Gasteiger partial charge in [-0.15, -0.1) is 0 Å². The number of carbonyl (C=O) groups excluding carboxylic acids is 1. The Morgan fingerprint density at radius 3 is 2.40 bits per heavy atom. The molecule has 10 heavy (non-hydrogen) atoms. The van der Waals surface area contributed by atoms with Crippen LogP contribution < -0.4 is 11.5 Å². The second-order valence-electron chi connectivity index (χ2n) is 2.29. The van der Waals surface area contributed by atoms with Crippen LogP contribution in [-0.4, -0.2) is 37.0 Å². The molecule has 0 aliphatic carbocycles. The van der Waals surface area contributed by atoms with Gasteiger partial charge in [0.25, 0.3) is 0 Å². The molecule has 0 aromatic heterocycles. The minimum Gasteiger partial charge on any atom is -0.341 e. The van der Waals surface area contributed by atoms with Crippen molar-refractivity contribution in [3.8, 4) is 0 Å². The van der Waals surface area contributed by atoms with Crippen LogP contribution in [0.2, 0.25) is 0 Å². The molecule has 0 saturated carbocycles. The molecule has 1 unspecified atom stereocenters. The van der Waals surface area contributed by atoms with E-state index in [1.54, 1.807) is 11.9 Å². The molecule has 0 bridgehead atoms. The van der Waals surface area contributed by atoms with Gasteiger partial charge in [0.2, 0.25) is 5.91 Å². The van der Waals surface area contributed by atoms with E-state index in [0.717, 1.165) is 0 Å². The van der Waals surface area contributed by atoms with Gasteiger partial charge >= 0.3 is 0 Å². The summed E-state index contributed by atoms with van der Waals surface area (Å²) in [4.78, 5) is 12.4. The highest BCUT2D eigenvalue weighted by Gasteiger charge is 2.11. The fourth-order valence-electron chi connectivity index (χ4n) is 0.548. The molecule has 4 N–H and O–H groups in total. The Kier molecular flexibility index (Phi) is 3.99. The number of amides is 1. The van der Waals surface area contributed by atoms with Crippen molar-refractivity contribution >= 4 is 5.91 Å². The molecule has 0 saturated heterocycles. The summed E-state index contributed by atoms with van der Waals surface area (Å²) in [5, 5.41) is 0. The molecule has 0 heterocycles. The number of nitrogens with two attached hydrogens (primary N) is 2. The van der Waals surface area contributed by atoms with E-state index in [1.165, 1.54) is 0 Å². The zero-order valence-electron chi connectivity index (χ0n) is 6.50. The van der Waals surface area contributed by atoms with Crippen molar-refractivity contribution in [2.45, 2.75) is 13.0 Å². The Balaban J connectivity index is 3.81. The molecule has 0 fully saturated rings. The number of hydrogen-bond acceptors (Lipinski definition) is 3. The van der Waals surface area contributed by atoms with Gasteiger partial charge in [0, 0.05) is 19.6 Å². The monoisotopic (exact) mass is 145 g/mol. The summed E-state index contributed by atoms with van der Waals surface area (Å²) < 4.78 is 0. The molecule has 0 spiro atoms. The summed E-state index contributed by atoms with van der Waals surface area (Å²) in [6.07, 6.45) is 0. The Bertz CT molecular complexity index is 116. The van der Waals surface area contributed by atoms with Crippen molar-refractivity contribution in [1.82, 2.24) is 4.90 Å². The van der Waals surface area contributed by atoms with Crippen LogP contribution in [0.15, 0.2) is 0 Å². The molecule has 0 radical (unpaired) electrons. The van der Waals surface area contributed by atoms with Crippen molar-refractivity contribution in [3.63, 3.8) is 0 Å². The predicted molar refractivity (Wildman–Crippen MR) is 40.3 cm³/mol. The molecule has 4 nitrogen and oxygen atoms in total. The summed E-state index contributed by atoms with van der Waals surface area (Å²) in [5.74, 6) is -0.0713. The van der Waals surface area contributed by atoms with Crippen LogP contribution in [0.1, 0.15) is 6.92 Å². The van der Waals surface area contributed by atoms with Crippen LogP contribution in [0.3, 0.4) is 0 Å². The first-order chi connectivity index (χ1) is 4.63. The van der Waals surface area contributed by atoms with Crippen LogP contribution in [-0.2, 0) is 4.79 Å². The summed E-state index contributed by atoms with van der Waals surface area (Å²) in [7, 11) is 1.70. The van der Waals surface area contributed by atoms with E-state index in [4.69, 9.17) is 11.5 Å². The topological polar surface area (TPSA) is 72.3 Å². The third-order valence-corrected chi connectivity index (χ3v) is 1.57. The van der Waals surface area contributed by atoms with Crippen molar-refractivity contribution in [3.05, 3.63) is 0 Å². The largest absolute Gasteiger partial charge is 0.341 e. The quantitative estimate of drug-likeness (QED) is 0.521. The number of nitrogens with zero attached hydrogens (tertiary/aromatic N) is 1. The molecular weight excluding hydrogens is 130 g/mol. The molecule has 0 aromatic carbocycles. The lowest BCUT2D eigenvalue weighted by atomic mass is 10.3. The lowest BCUT2D eigenvalue weighted by molar-refractivity contribution is -0.129. The normalized spacial score (nSPS) is 12.8. The molecule has 60 valence electrons. The molecule has 1 amide bonds. The molecule has 1 atom stereocenters. The van der Waals surface area contributed by atoms with E-state index in [-0.39, 0.29) is 18.5 Å². The van der Waals surface area contributed by atoms with E-state index in [1.807, 2.05) is 6.92 Å². The third kappa shape index (κ3) is 2.33. The van der Waals surface area contributed by atoms with E-state index in [2.05, 4.69) is 0 Å².